The molecule has 0 atom stereocenters. The van der Waals surface area contributed by atoms with Crippen LogP contribution in [0.15, 0.2) is 29.1 Å². The zero-order chi connectivity index (χ0) is 17.6. The van der Waals surface area contributed by atoms with Crippen LogP contribution >= 0.6 is 0 Å². The number of hydrogen-bond acceptors (Lipinski definition) is 5. The summed E-state index contributed by atoms with van der Waals surface area (Å²) in [5.74, 6) is -0.0780. The Kier molecular flexibility index (Phi) is 3.64. The highest BCUT2D eigenvalue weighted by Crippen LogP contribution is 2.42. The van der Waals surface area contributed by atoms with Crippen LogP contribution in [0.1, 0.15) is 43.4 Å². The van der Waals surface area contributed by atoms with Crippen molar-refractivity contribution in [2.75, 3.05) is 0 Å². The van der Waals surface area contributed by atoms with Crippen molar-refractivity contribution in [3.63, 3.8) is 0 Å². The maximum Gasteiger partial charge on any atom is 0.334 e. The van der Waals surface area contributed by atoms with Gasteiger partial charge in [-0.25, -0.2) is 4.79 Å². The average molecular weight is 345 g/mol. The summed E-state index contributed by atoms with van der Waals surface area (Å²) in [7, 11) is 0. The monoisotopic (exact) mass is 345 g/mol. The minimum Gasteiger partial charge on any atom is -0.493 e. The first-order chi connectivity index (χ1) is 12.0. The van der Waals surface area contributed by atoms with Gasteiger partial charge in [-0.3, -0.25) is 19.2 Å². The number of rotatable bonds is 3. The molecule has 0 bridgehead atoms. The first-order valence-electron chi connectivity index (χ1n) is 8.43. The molecule has 1 aromatic carbocycles. The molecule has 4 rings (SSSR count). The highest BCUT2D eigenvalue weighted by Gasteiger charge is 2.44. The molecule has 2 aromatic rings. The lowest BCUT2D eigenvalue weighted by atomic mass is 9.91. The molecule has 132 valence electrons. The summed E-state index contributed by atoms with van der Waals surface area (Å²) in [5, 5.41) is 21.2. The van der Waals surface area contributed by atoms with Crippen LogP contribution in [0.5, 0.6) is 5.88 Å². The molecule has 2 heterocycles. The molecule has 0 radical (unpaired) electrons. The van der Waals surface area contributed by atoms with Crippen LogP contribution in [0.2, 0.25) is 0 Å². The molecule has 1 aliphatic carbocycles. The van der Waals surface area contributed by atoms with Gasteiger partial charge >= 0.3 is 5.69 Å². The fraction of sp³-hybridized carbons (Fsp3) is 0.471. The number of benzene rings is 1. The number of imidazole rings is 1. The number of fused-ring (bicyclic) bond motifs is 2. The summed E-state index contributed by atoms with van der Waals surface area (Å²) < 4.78 is 8.85. The first-order valence-corrected chi connectivity index (χ1v) is 8.43. The van der Waals surface area contributed by atoms with E-state index in [4.69, 9.17) is 4.74 Å². The van der Waals surface area contributed by atoms with Crippen LogP contribution in [-0.2, 0) is 23.6 Å². The lowest BCUT2D eigenvalue weighted by molar-refractivity contribution is -0.384. The minimum absolute atomic E-state index is 0.00532. The summed E-state index contributed by atoms with van der Waals surface area (Å²) in [6.45, 7) is 0.396. The fourth-order valence-electron chi connectivity index (χ4n) is 3.92. The average Bonchev–Trinajstić information content (AvgIpc) is 3.08. The van der Waals surface area contributed by atoms with Crippen molar-refractivity contribution in [3.05, 3.63) is 56.1 Å². The fourth-order valence-corrected chi connectivity index (χ4v) is 3.92. The van der Waals surface area contributed by atoms with Gasteiger partial charge in [0.1, 0.15) is 11.4 Å². The summed E-state index contributed by atoms with van der Waals surface area (Å²) in [6, 6.07) is 5.99. The van der Waals surface area contributed by atoms with Crippen molar-refractivity contribution in [1.82, 2.24) is 9.13 Å². The van der Waals surface area contributed by atoms with Crippen molar-refractivity contribution in [2.45, 2.75) is 51.0 Å². The van der Waals surface area contributed by atoms with Crippen molar-refractivity contribution in [3.8, 4) is 5.88 Å². The second-order valence-corrected chi connectivity index (χ2v) is 6.69. The summed E-state index contributed by atoms with van der Waals surface area (Å²) >= 11 is 0. The Balaban J connectivity index is 1.69. The van der Waals surface area contributed by atoms with E-state index in [-0.39, 0.29) is 30.4 Å². The van der Waals surface area contributed by atoms with Gasteiger partial charge in [0.05, 0.1) is 18.1 Å². The number of nitro groups is 1. The van der Waals surface area contributed by atoms with E-state index in [2.05, 4.69) is 0 Å². The Morgan fingerprint density at radius 2 is 1.88 bits per heavy atom. The maximum absolute atomic E-state index is 12.9. The summed E-state index contributed by atoms with van der Waals surface area (Å²) in [5.41, 5.74) is 0.322. The number of ether oxygens (including phenoxy) is 1. The summed E-state index contributed by atoms with van der Waals surface area (Å²) in [4.78, 5) is 23.2. The lowest BCUT2D eigenvalue weighted by Crippen LogP contribution is -2.42. The molecule has 2 aliphatic rings. The van der Waals surface area contributed by atoms with Crippen LogP contribution in [-0.4, -0.2) is 19.2 Å². The molecule has 1 aromatic heterocycles. The van der Waals surface area contributed by atoms with E-state index in [1.54, 1.807) is 16.7 Å². The van der Waals surface area contributed by atoms with Crippen molar-refractivity contribution in [2.24, 2.45) is 0 Å². The molecule has 8 nitrogen and oxygen atoms in total. The van der Waals surface area contributed by atoms with Gasteiger partial charge in [0, 0.05) is 12.1 Å². The second kappa shape index (κ2) is 5.73. The third-order valence-corrected chi connectivity index (χ3v) is 5.21. The SMILES string of the molecule is O=c1n(Cc2ccc([N+](=O)[O-])cc2)c(O)c2n1C1(CCCCC1)OC2. The van der Waals surface area contributed by atoms with Crippen molar-refractivity contribution >= 4 is 5.69 Å². The largest absolute Gasteiger partial charge is 0.493 e. The molecular weight excluding hydrogens is 326 g/mol. The van der Waals surface area contributed by atoms with E-state index in [0.29, 0.717) is 11.3 Å². The van der Waals surface area contributed by atoms with E-state index < -0.39 is 10.6 Å². The molecule has 25 heavy (non-hydrogen) atoms. The molecule has 8 heteroatoms. The third kappa shape index (κ3) is 2.44. The highest BCUT2D eigenvalue weighted by atomic mass is 16.6. The molecule has 1 spiro atoms. The molecule has 0 unspecified atom stereocenters. The zero-order valence-corrected chi connectivity index (χ0v) is 13.7. The van der Waals surface area contributed by atoms with Gasteiger partial charge in [0.2, 0.25) is 5.88 Å². The van der Waals surface area contributed by atoms with Crippen LogP contribution in [0.4, 0.5) is 5.69 Å². The molecule has 1 saturated carbocycles. The van der Waals surface area contributed by atoms with Gasteiger partial charge in [0.15, 0.2) is 0 Å². The molecule has 1 fully saturated rings. The Morgan fingerprint density at radius 1 is 1.20 bits per heavy atom. The number of aromatic hydroxyl groups is 1. The zero-order valence-electron chi connectivity index (χ0n) is 13.7. The topological polar surface area (TPSA) is 99.5 Å². The first kappa shape index (κ1) is 15.9. The number of nitro benzene ring substituents is 1. The van der Waals surface area contributed by atoms with Gasteiger partial charge < -0.3 is 9.84 Å². The van der Waals surface area contributed by atoms with Gasteiger partial charge in [-0.1, -0.05) is 18.6 Å². The van der Waals surface area contributed by atoms with Crippen LogP contribution < -0.4 is 5.69 Å². The van der Waals surface area contributed by atoms with E-state index in [0.717, 1.165) is 32.1 Å². The number of nitrogens with zero attached hydrogens (tertiary/aromatic N) is 3. The quantitative estimate of drug-likeness (QED) is 0.680. The lowest BCUT2D eigenvalue weighted by Gasteiger charge is -2.33. The predicted molar refractivity (Wildman–Crippen MR) is 88.4 cm³/mol. The van der Waals surface area contributed by atoms with E-state index in [1.165, 1.54) is 16.7 Å². The van der Waals surface area contributed by atoms with Crippen LogP contribution in [0.3, 0.4) is 0 Å². The Morgan fingerprint density at radius 3 is 2.52 bits per heavy atom. The maximum atomic E-state index is 12.9. The van der Waals surface area contributed by atoms with Crippen LogP contribution in [0.25, 0.3) is 0 Å². The molecule has 0 saturated heterocycles. The normalized spacial score (nSPS) is 18.4. The second-order valence-electron chi connectivity index (χ2n) is 6.69. The smallest absolute Gasteiger partial charge is 0.334 e. The van der Waals surface area contributed by atoms with E-state index in [1.807, 2.05) is 0 Å². The number of non-ortho nitro benzene ring substituents is 1. The Hall–Kier alpha value is -2.61. The molecular formula is C17H19N3O5. The van der Waals surface area contributed by atoms with Crippen molar-refractivity contribution in [1.29, 1.82) is 0 Å². The van der Waals surface area contributed by atoms with Crippen LogP contribution in [0, 0.1) is 10.1 Å². The van der Waals surface area contributed by atoms with Crippen molar-refractivity contribution < 1.29 is 14.8 Å². The Labute approximate surface area is 143 Å². The number of aromatic nitrogens is 2. The van der Waals surface area contributed by atoms with Gasteiger partial charge in [-0.05, 0) is 31.2 Å². The molecule has 1 aliphatic heterocycles. The van der Waals surface area contributed by atoms with E-state index in [9.17, 15) is 20.0 Å². The van der Waals surface area contributed by atoms with Gasteiger partial charge in [-0.2, -0.15) is 0 Å². The van der Waals surface area contributed by atoms with Gasteiger partial charge in [0.25, 0.3) is 5.69 Å². The van der Waals surface area contributed by atoms with Gasteiger partial charge in [-0.15, -0.1) is 0 Å². The van der Waals surface area contributed by atoms with E-state index >= 15 is 0 Å². The highest BCUT2D eigenvalue weighted by molar-refractivity contribution is 5.34. The Bertz CT molecular complexity index is 875. The molecule has 0 amide bonds. The third-order valence-electron chi connectivity index (χ3n) is 5.21. The molecule has 1 N–H and O–H groups in total. The minimum atomic E-state index is -0.622. The standard InChI is InChI=1S/C17H19N3O5/c21-15-14-11-25-17(8-2-1-3-9-17)19(14)16(22)18(15)10-12-4-6-13(7-5-12)20(23)24/h4-7,21H,1-3,8-11H2. The summed E-state index contributed by atoms with van der Waals surface area (Å²) in [6.07, 6.45) is 4.69. The predicted octanol–water partition coefficient (Wildman–Crippen LogP) is 2.46. The number of hydrogen-bond donors (Lipinski definition) is 1.